The van der Waals surface area contributed by atoms with Crippen LogP contribution in [-0.4, -0.2) is 66.1 Å². The number of ether oxygens (including phenoxy) is 3. The third-order valence-corrected chi connectivity index (χ3v) is 7.19. The third kappa shape index (κ3) is 6.22. The first kappa shape index (κ1) is 26.5. The Morgan fingerprint density at radius 2 is 1.76 bits per heavy atom. The molecule has 2 N–H and O–H groups in total. The van der Waals surface area contributed by atoms with Crippen LogP contribution in [0.15, 0.2) is 60.8 Å². The van der Waals surface area contributed by atoms with Crippen molar-refractivity contribution in [3.63, 3.8) is 0 Å². The van der Waals surface area contributed by atoms with Crippen LogP contribution in [0.5, 0.6) is 17.5 Å². The minimum atomic E-state index is -0.350. The van der Waals surface area contributed by atoms with E-state index in [9.17, 15) is 9.59 Å². The summed E-state index contributed by atoms with van der Waals surface area (Å²) in [5, 5.41) is 6.66. The van der Waals surface area contributed by atoms with Crippen molar-refractivity contribution in [2.45, 2.75) is 19.8 Å². The second-order valence-corrected chi connectivity index (χ2v) is 10.1. The van der Waals surface area contributed by atoms with Gasteiger partial charge in [-0.3, -0.25) is 14.5 Å². The van der Waals surface area contributed by atoms with Gasteiger partial charge in [-0.2, -0.15) is 0 Å². The zero-order valence-electron chi connectivity index (χ0n) is 22.8. The van der Waals surface area contributed by atoms with Gasteiger partial charge < -0.3 is 24.8 Å². The van der Waals surface area contributed by atoms with Crippen molar-refractivity contribution in [1.82, 2.24) is 14.9 Å². The van der Waals surface area contributed by atoms with E-state index in [0.717, 1.165) is 36.1 Å². The Balaban J connectivity index is 1.10. The fourth-order valence-electron chi connectivity index (χ4n) is 4.90. The average molecular weight is 554 g/mol. The molecule has 0 radical (unpaired) electrons. The van der Waals surface area contributed by atoms with Gasteiger partial charge in [0.25, 0.3) is 17.7 Å². The normalized spacial score (nSPS) is 14.6. The van der Waals surface area contributed by atoms with Crippen molar-refractivity contribution in [2.75, 3.05) is 50.1 Å². The van der Waals surface area contributed by atoms with E-state index in [1.807, 2.05) is 37.3 Å². The maximum atomic E-state index is 13.2. The second-order valence-electron chi connectivity index (χ2n) is 10.1. The quantitative estimate of drug-likeness (QED) is 0.323. The molecule has 2 aromatic heterocycles. The maximum Gasteiger partial charge on any atom is 0.257 e. The van der Waals surface area contributed by atoms with E-state index in [1.165, 1.54) is 19.0 Å². The Kier molecular flexibility index (Phi) is 7.64. The number of carbonyl (C=O) groups excluding carboxylic acids is 2. The molecule has 2 amide bonds. The lowest BCUT2D eigenvalue weighted by molar-refractivity contribution is 0.101. The number of nitrogens with zero attached hydrogens (tertiary/aromatic N) is 3. The zero-order valence-corrected chi connectivity index (χ0v) is 22.8. The molecule has 2 aliphatic heterocycles. The highest BCUT2D eigenvalue weighted by molar-refractivity contribution is 6.08. The number of pyridine rings is 2. The molecular formula is C31H31N5O5. The molecule has 4 aromatic rings. The first-order valence-corrected chi connectivity index (χ1v) is 13.8. The summed E-state index contributed by atoms with van der Waals surface area (Å²) in [6.07, 6.45) is 3.95. The van der Waals surface area contributed by atoms with Gasteiger partial charge in [0.05, 0.1) is 11.1 Å². The Morgan fingerprint density at radius 1 is 0.927 bits per heavy atom. The monoisotopic (exact) mass is 553 g/mol. The molecule has 10 heteroatoms. The van der Waals surface area contributed by atoms with E-state index in [4.69, 9.17) is 14.2 Å². The maximum absolute atomic E-state index is 13.2. The lowest BCUT2D eigenvalue weighted by atomic mass is 10.1. The van der Waals surface area contributed by atoms with Gasteiger partial charge in [0.1, 0.15) is 19.8 Å². The summed E-state index contributed by atoms with van der Waals surface area (Å²) in [5.41, 5.74) is 3.58. The first-order valence-electron chi connectivity index (χ1n) is 13.8. The van der Waals surface area contributed by atoms with Crippen LogP contribution in [-0.2, 0) is 0 Å². The molecule has 0 atom stereocenters. The first-order chi connectivity index (χ1) is 20.0. The summed E-state index contributed by atoms with van der Waals surface area (Å²) in [7, 11) is 0. The van der Waals surface area contributed by atoms with Crippen molar-refractivity contribution in [2.24, 2.45) is 0 Å². The van der Waals surface area contributed by atoms with Crippen LogP contribution in [0, 0.1) is 6.92 Å². The highest BCUT2D eigenvalue weighted by atomic mass is 16.6. The minimum absolute atomic E-state index is 0.263. The van der Waals surface area contributed by atoms with Crippen LogP contribution in [0.4, 0.5) is 11.4 Å². The molecule has 210 valence electrons. The molecule has 0 bridgehead atoms. The van der Waals surface area contributed by atoms with Crippen molar-refractivity contribution >= 4 is 34.1 Å². The molecule has 0 saturated carbocycles. The average Bonchev–Trinajstić information content (AvgIpc) is 3.52. The van der Waals surface area contributed by atoms with Crippen molar-refractivity contribution in [1.29, 1.82) is 0 Å². The van der Waals surface area contributed by atoms with Crippen molar-refractivity contribution in [3.8, 4) is 17.5 Å². The number of anilines is 2. The van der Waals surface area contributed by atoms with Gasteiger partial charge in [0.15, 0.2) is 5.75 Å². The number of amides is 2. The summed E-state index contributed by atoms with van der Waals surface area (Å²) in [5.74, 6) is 0.778. The molecule has 0 aliphatic carbocycles. The minimum Gasteiger partial charge on any atom is -0.484 e. The predicted octanol–water partition coefficient (Wildman–Crippen LogP) is 4.69. The topological polar surface area (TPSA) is 115 Å². The van der Waals surface area contributed by atoms with Gasteiger partial charge in [-0.25, -0.2) is 9.97 Å². The summed E-state index contributed by atoms with van der Waals surface area (Å²) in [6, 6.07) is 16.1. The van der Waals surface area contributed by atoms with Crippen LogP contribution >= 0.6 is 0 Å². The molecule has 41 heavy (non-hydrogen) atoms. The molecule has 6 rings (SSSR count). The second kappa shape index (κ2) is 11.8. The van der Waals surface area contributed by atoms with Crippen LogP contribution in [0.25, 0.3) is 10.9 Å². The molecule has 0 spiro atoms. The summed E-state index contributed by atoms with van der Waals surface area (Å²) < 4.78 is 16.8. The third-order valence-electron chi connectivity index (χ3n) is 7.19. The van der Waals surface area contributed by atoms with Crippen LogP contribution in [0.2, 0.25) is 0 Å². The lowest BCUT2D eigenvalue weighted by Gasteiger charge is -2.17. The summed E-state index contributed by atoms with van der Waals surface area (Å²) in [6.45, 7) is 6.50. The molecule has 2 aliphatic rings. The van der Waals surface area contributed by atoms with Crippen LogP contribution < -0.4 is 24.8 Å². The molecule has 10 nitrogen and oxygen atoms in total. The van der Waals surface area contributed by atoms with Crippen LogP contribution in [0.3, 0.4) is 0 Å². The Bertz CT molecular complexity index is 1600. The number of hydrogen-bond acceptors (Lipinski definition) is 8. The molecular weight excluding hydrogens is 522 g/mol. The van der Waals surface area contributed by atoms with E-state index >= 15 is 0 Å². The van der Waals surface area contributed by atoms with Crippen molar-refractivity contribution < 1.29 is 23.8 Å². The number of fused-ring (bicyclic) bond motifs is 2. The number of hydrogen-bond donors (Lipinski definition) is 2. The van der Waals surface area contributed by atoms with Gasteiger partial charge in [0.2, 0.25) is 5.88 Å². The molecule has 0 unspecified atom stereocenters. The standard InChI is InChI=1S/C31H31N5O5/c1-20-4-7-24(33-30(38)23-17-27-31(32-19-23)41-15-14-39-27)18-26(20)35-29(37)22-5-8-25-21(16-22)6-9-28(34-25)40-13-12-36-10-2-3-11-36/h4-9,16-19H,2-3,10-15H2,1H3,(H,33,38)(H,35,37). The van der Waals surface area contributed by atoms with E-state index in [1.54, 1.807) is 24.3 Å². The summed E-state index contributed by atoms with van der Waals surface area (Å²) >= 11 is 0. The summed E-state index contributed by atoms with van der Waals surface area (Å²) in [4.78, 5) is 37.2. The zero-order chi connectivity index (χ0) is 28.2. The van der Waals surface area contributed by atoms with Gasteiger partial charge in [-0.1, -0.05) is 6.07 Å². The number of nitrogens with one attached hydrogen (secondary N) is 2. The van der Waals surface area contributed by atoms with Gasteiger partial charge in [-0.05, 0) is 74.8 Å². The number of aromatic nitrogens is 2. The van der Waals surface area contributed by atoms with E-state index in [-0.39, 0.29) is 11.8 Å². The molecule has 1 saturated heterocycles. The molecule has 2 aromatic carbocycles. The SMILES string of the molecule is Cc1ccc(NC(=O)c2cnc3c(c2)OCCO3)cc1NC(=O)c1ccc2nc(OCCN3CCCC3)ccc2c1. The Morgan fingerprint density at radius 3 is 2.63 bits per heavy atom. The number of rotatable bonds is 8. The highest BCUT2D eigenvalue weighted by Gasteiger charge is 2.17. The van der Waals surface area contributed by atoms with Crippen molar-refractivity contribution in [3.05, 3.63) is 77.5 Å². The number of likely N-dealkylation sites (tertiary alicyclic amines) is 1. The Labute approximate surface area is 237 Å². The molecule has 1 fully saturated rings. The largest absolute Gasteiger partial charge is 0.484 e. The van der Waals surface area contributed by atoms with Gasteiger partial charge >= 0.3 is 0 Å². The Hall–Kier alpha value is -4.70. The van der Waals surface area contributed by atoms with Gasteiger partial charge in [0, 0.05) is 47.2 Å². The fraction of sp³-hybridized carbons (Fsp3) is 0.290. The fourth-order valence-corrected chi connectivity index (χ4v) is 4.90. The number of benzene rings is 2. The van der Waals surface area contributed by atoms with E-state index in [2.05, 4.69) is 25.5 Å². The van der Waals surface area contributed by atoms with E-state index in [0.29, 0.717) is 59.8 Å². The lowest BCUT2D eigenvalue weighted by Crippen LogP contribution is -2.25. The smallest absolute Gasteiger partial charge is 0.257 e. The van der Waals surface area contributed by atoms with Crippen LogP contribution in [0.1, 0.15) is 39.1 Å². The predicted molar refractivity (Wildman–Crippen MR) is 155 cm³/mol. The van der Waals surface area contributed by atoms with Gasteiger partial charge in [-0.15, -0.1) is 0 Å². The van der Waals surface area contributed by atoms with E-state index < -0.39 is 0 Å². The number of aryl methyl sites for hydroxylation is 1. The number of carbonyl (C=O) groups is 2. The highest BCUT2D eigenvalue weighted by Crippen LogP contribution is 2.29. The molecule has 4 heterocycles.